The molecule has 34 heavy (non-hydrogen) atoms. The number of anilines is 2. The van der Waals surface area contributed by atoms with Crippen LogP contribution in [0.4, 0.5) is 35.2 Å². The number of hydrogen-bond donors (Lipinski definition) is 2. The number of nitrogens with zero attached hydrogens (tertiary/aromatic N) is 4. The Morgan fingerprint density at radius 1 is 1.24 bits per heavy atom. The lowest BCUT2D eigenvalue weighted by Gasteiger charge is -2.27. The molecular formula is C22H21F3N6O3. The summed E-state index contributed by atoms with van der Waals surface area (Å²) in [5.41, 5.74) is -0.678. The minimum absolute atomic E-state index is 0.0269. The molecule has 12 heteroatoms. The minimum atomic E-state index is -4.68. The summed E-state index contributed by atoms with van der Waals surface area (Å²) in [6, 6.07) is 7.25. The van der Waals surface area contributed by atoms with Gasteiger partial charge in [-0.3, -0.25) is 19.8 Å². The molecule has 1 fully saturated rings. The number of aliphatic imine (C=N–C) groups is 1. The lowest BCUT2D eigenvalue weighted by Crippen LogP contribution is -2.35. The quantitative estimate of drug-likeness (QED) is 0.308. The van der Waals surface area contributed by atoms with Gasteiger partial charge in [0.05, 0.1) is 11.3 Å². The number of carbonyl (C=O) groups is 1. The predicted octanol–water partition coefficient (Wildman–Crippen LogP) is 3.65. The summed E-state index contributed by atoms with van der Waals surface area (Å²) in [5, 5.41) is 20.5. The molecule has 9 nitrogen and oxygen atoms in total. The fourth-order valence-corrected chi connectivity index (χ4v) is 3.39. The zero-order chi connectivity index (χ0) is 24.1. The molecule has 3 aromatic rings. The summed E-state index contributed by atoms with van der Waals surface area (Å²) < 4.78 is 46.4. The molecule has 0 aliphatic heterocycles. The van der Waals surface area contributed by atoms with Gasteiger partial charge in [0.2, 0.25) is 11.8 Å². The van der Waals surface area contributed by atoms with E-state index < -0.39 is 23.7 Å². The molecule has 1 aliphatic carbocycles. The second kappa shape index (κ2) is 9.89. The van der Waals surface area contributed by atoms with Crippen LogP contribution in [0.15, 0.2) is 58.3 Å². The zero-order valence-corrected chi connectivity index (χ0v) is 17.9. The van der Waals surface area contributed by atoms with Gasteiger partial charge in [0.15, 0.2) is 0 Å². The predicted molar refractivity (Wildman–Crippen MR) is 113 cm³/mol. The monoisotopic (exact) mass is 474 g/mol. The topological polar surface area (TPSA) is 119 Å². The van der Waals surface area contributed by atoms with E-state index in [2.05, 4.69) is 25.9 Å². The van der Waals surface area contributed by atoms with Crippen LogP contribution in [0.5, 0.6) is 0 Å². The van der Waals surface area contributed by atoms with Crippen LogP contribution in [0, 0.1) is 5.92 Å². The molecule has 178 valence electrons. The number of halogens is 3. The van der Waals surface area contributed by atoms with Crippen molar-refractivity contribution in [1.82, 2.24) is 10.3 Å². The molecule has 0 atom stereocenters. The first-order chi connectivity index (χ1) is 16.2. The third kappa shape index (κ3) is 6.30. The van der Waals surface area contributed by atoms with Crippen LogP contribution in [0.3, 0.4) is 0 Å². The van der Waals surface area contributed by atoms with Crippen LogP contribution in [-0.4, -0.2) is 22.2 Å². The Labute approximate surface area is 192 Å². The maximum atomic E-state index is 13.3. The molecule has 1 aromatic carbocycles. The lowest BCUT2D eigenvalue weighted by molar-refractivity contribution is -0.755. The summed E-state index contributed by atoms with van der Waals surface area (Å²) in [6.07, 6.45) is 1.42. The van der Waals surface area contributed by atoms with Crippen molar-refractivity contribution in [2.45, 2.75) is 38.4 Å². The van der Waals surface area contributed by atoms with E-state index in [1.165, 1.54) is 16.9 Å². The molecule has 2 heterocycles. The highest BCUT2D eigenvalue weighted by molar-refractivity contribution is 5.99. The Balaban J connectivity index is 1.44. The SMILES string of the molecule is O=C(Nc1cc(N=C([O-])CC2CCC2)cc(C(F)(F)F)c1)Nc1c[n+](Cc2ccccn2)no1. The summed E-state index contributed by atoms with van der Waals surface area (Å²) in [4.78, 5) is 20.3. The van der Waals surface area contributed by atoms with Crippen LogP contribution >= 0.6 is 0 Å². The highest BCUT2D eigenvalue weighted by Crippen LogP contribution is 2.35. The third-order valence-corrected chi connectivity index (χ3v) is 5.24. The van der Waals surface area contributed by atoms with Gasteiger partial charge >= 0.3 is 18.1 Å². The van der Waals surface area contributed by atoms with Crippen molar-refractivity contribution in [3.8, 4) is 0 Å². The molecule has 1 aliphatic rings. The van der Waals surface area contributed by atoms with Crippen molar-refractivity contribution in [2.24, 2.45) is 10.9 Å². The maximum Gasteiger partial charge on any atom is 0.416 e. The van der Waals surface area contributed by atoms with Crippen LogP contribution in [-0.2, 0) is 12.7 Å². The molecule has 0 bridgehead atoms. The van der Waals surface area contributed by atoms with E-state index in [0.29, 0.717) is 12.2 Å². The number of alkyl halides is 3. The lowest BCUT2D eigenvalue weighted by atomic mass is 9.83. The van der Waals surface area contributed by atoms with Crippen LogP contribution in [0.2, 0.25) is 0 Å². The Kier molecular flexibility index (Phi) is 6.75. The van der Waals surface area contributed by atoms with Gasteiger partial charge in [-0.25, -0.2) is 4.79 Å². The van der Waals surface area contributed by atoms with Gasteiger partial charge in [0.25, 0.3) is 6.20 Å². The fraction of sp³-hybridized carbons (Fsp3) is 0.318. The molecule has 0 radical (unpaired) electrons. The zero-order valence-electron chi connectivity index (χ0n) is 17.9. The first-order valence-corrected chi connectivity index (χ1v) is 10.6. The number of amides is 2. The molecule has 1 saturated carbocycles. The highest BCUT2D eigenvalue weighted by atomic mass is 19.4. The molecule has 0 saturated heterocycles. The number of aromatic nitrogens is 3. The summed E-state index contributed by atoms with van der Waals surface area (Å²) in [5.74, 6) is -0.285. The smallest absolute Gasteiger partial charge is 0.416 e. The van der Waals surface area contributed by atoms with Gasteiger partial charge in [0.1, 0.15) is 5.69 Å². The summed E-state index contributed by atoms with van der Waals surface area (Å²) in [7, 11) is 0. The van der Waals surface area contributed by atoms with Gasteiger partial charge in [-0.15, -0.1) is 0 Å². The number of hydrogen-bond acceptors (Lipinski definition) is 6. The number of urea groups is 1. The Morgan fingerprint density at radius 3 is 2.74 bits per heavy atom. The van der Waals surface area contributed by atoms with E-state index in [0.717, 1.165) is 31.4 Å². The van der Waals surface area contributed by atoms with Crippen molar-refractivity contribution in [3.63, 3.8) is 0 Å². The van der Waals surface area contributed by atoms with Gasteiger partial charge in [0, 0.05) is 11.9 Å². The van der Waals surface area contributed by atoms with Crippen molar-refractivity contribution in [2.75, 3.05) is 10.6 Å². The van der Waals surface area contributed by atoms with Gasteiger partial charge in [-0.05, 0) is 53.3 Å². The molecule has 4 rings (SSSR count). The number of rotatable bonds is 7. The van der Waals surface area contributed by atoms with Crippen molar-refractivity contribution in [1.29, 1.82) is 0 Å². The third-order valence-electron chi connectivity index (χ3n) is 5.24. The summed E-state index contributed by atoms with van der Waals surface area (Å²) in [6.45, 7) is 0.293. The average molecular weight is 474 g/mol. The number of nitrogens with one attached hydrogen (secondary N) is 2. The van der Waals surface area contributed by atoms with E-state index in [1.54, 1.807) is 18.3 Å². The Hall–Kier alpha value is -3.96. The van der Waals surface area contributed by atoms with Gasteiger partial charge in [-0.2, -0.15) is 13.2 Å². The van der Waals surface area contributed by atoms with E-state index >= 15 is 0 Å². The largest absolute Gasteiger partial charge is 0.862 e. The Bertz CT molecular complexity index is 1180. The standard InChI is InChI=1S/C22H21F3N6O3/c23-22(24,25)15-9-17(27-19(32)8-14-4-3-5-14)11-18(10-15)28-21(33)29-20-13-31(30-34-20)12-16-6-1-2-7-26-16/h1-2,6-7,9-11,13-14H,3-5,8,12H2,(H2-,27,28,29,30,32,33). The van der Waals surface area contributed by atoms with Crippen LogP contribution in [0.25, 0.3) is 0 Å². The van der Waals surface area contributed by atoms with Crippen LogP contribution < -0.4 is 20.4 Å². The van der Waals surface area contributed by atoms with E-state index in [4.69, 9.17) is 4.52 Å². The van der Waals surface area contributed by atoms with Crippen molar-refractivity contribution in [3.05, 3.63) is 60.0 Å². The minimum Gasteiger partial charge on any atom is -0.862 e. The van der Waals surface area contributed by atoms with E-state index in [9.17, 15) is 23.1 Å². The number of benzene rings is 1. The molecule has 2 N–H and O–H groups in total. The molecule has 0 unspecified atom stereocenters. The number of pyridine rings is 1. The second-order valence-electron chi connectivity index (χ2n) is 7.94. The second-order valence-corrected chi connectivity index (χ2v) is 7.94. The molecule has 2 aromatic heterocycles. The molecule has 2 amide bonds. The maximum absolute atomic E-state index is 13.3. The van der Waals surface area contributed by atoms with Crippen molar-refractivity contribution >= 4 is 29.2 Å². The normalized spacial score (nSPS) is 14.5. The van der Waals surface area contributed by atoms with E-state index in [-0.39, 0.29) is 29.6 Å². The highest BCUT2D eigenvalue weighted by Gasteiger charge is 2.31. The first kappa shape index (κ1) is 23.2. The molecule has 0 spiro atoms. The van der Waals surface area contributed by atoms with Gasteiger partial charge in [-0.1, -0.05) is 25.3 Å². The summed E-state index contributed by atoms with van der Waals surface area (Å²) >= 11 is 0. The Morgan fingerprint density at radius 2 is 2.06 bits per heavy atom. The number of carbonyl (C=O) groups excluding carboxylic acids is 1. The fourth-order valence-electron chi connectivity index (χ4n) is 3.39. The van der Waals surface area contributed by atoms with Crippen molar-refractivity contribution < 1.29 is 32.3 Å². The van der Waals surface area contributed by atoms with E-state index in [1.807, 2.05) is 6.07 Å². The first-order valence-electron chi connectivity index (χ1n) is 10.6. The average Bonchev–Trinajstić information content (AvgIpc) is 3.17. The van der Waals surface area contributed by atoms with Gasteiger partial charge < -0.3 is 10.4 Å². The molecular weight excluding hydrogens is 453 g/mol. The van der Waals surface area contributed by atoms with Crippen LogP contribution in [0.1, 0.15) is 36.9 Å².